The van der Waals surface area contributed by atoms with E-state index in [0.717, 1.165) is 37.4 Å². The van der Waals surface area contributed by atoms with Gasteiger partial charge in [0.25, 0.3) is 5.91 Å². The van der Waals surface area contributed by atoms with Gasteiger partial charge in [-0.15, -0.1) is 0 Å². The van der Waals surface area contributed by atoms with Crippen molar-refractivity contribution in [1.29, 1.82) is 0 Å². The lowest BCUT2D eigenvalue weighted by Gasteiger charge is -2.32. The van der Waals surface area contributed by atoms with Gasteiger partial charge in [-0.3, -0.25) is 4.79 Å². The van der Waals surface area contributed by atoms with Gasteiger partial charge in [-0.2, -0.15) is 0 Å². The van der Waals surface area contributed by atoms with Crippen LogP contribution in [0.25, 0.3) is 0 Å². The molecule has 1 aliphatic rings. The summed E-state index contributed by atoms with van der Waals surface area (Å²) >= 11 is 0. The molecule has 6 nitrogen and oxygen atoms in total. The number of hydrogen-bond acceptors (Lipinski definition) is 5. The predicted molar refractivity (Wildman–Crippen MR) is 95.6 cm³/mol. The van der Waals surface area contributed by atoms with E-state index in [4.69, 9.17) is 0 Å². The lowest BCUT2D eigenvalue weighted by atomic mass is 10.1. The third-order valence-electron chi connectivity index (χ3n) is 4.29. The maximum atomic E-state index is 12.5. The first-order chi connectivity index (χ1) is 11.5. The maximum Gasteiger partial charge on any atom is 0.274 e. The molecule has 0 atom stereocenters. The average Bonchev–Trinajstić information content (AvgIpc) is 2.58. The molecule has 24 heavy (non-hydrogen) atoms. The van der Waals surface area contributed by atoms with Gasteiger partial charge in [0.1, 0.15) is 5.69 Å². The Labute approximate surface area is 142 Å². The first-order valence-electron chi connectivity index (χ1n) is 8.18. The minimum atomic E-state index is -0.209. The molecule has 1 aliphatic heterocycles. The number of rotatable bonds is 3. The van der Waals surface area contributed by atoms with Crippen LogP contribution in [0.2, 0.25) is 0 Å². The Balaban J connectivity index is 1.74. The lowest BCUT2D eigenvalue weighted by molar-refractivity contribution is 0.102. The summed E-state index contributed by atoms with van der Waals surface area (Å²) in [7, 11) is 2.10. The number of nitrogens with one attached hydrogen (secondary N) is 1. The van der Waals surface area contributed by atoms with Crippen molar-refractivity contribution < 1.29 is 4.79 Å². The number of anilines is 2. The van der Waals surface area contributed by atoms with Gasteiger partial charge in [0.05, 0.1) is 0 Å². The van der Waals surface area contributed by atoms with Crippen LogP contribution in [0.3, 0.4) is 0 Å². The van der Waals surface area contributed by atoms with E-state index in [1.807, 2.05) is 32.0 Å². The third-order valence-corrected chi connectivity index (χ3v) is 4.29. The lowest BCUT2D eigenvalue weighted by Crippen LogP contribution is -2.45. The number of amides is 1. The highest BCUT2D eigenvalue weighted by atomic mass is 16.1. The molecular formula is C18H23N5O. The monoisotopic (exact) mass is 325 g/mol. The summed E-state index contributed by atoms with van der Waals surface area (Å²) in [5.41, 5.74) is 3.41. The first-order valence-corrected chi connectivity index (χ1v) is 8.18. The van der Waals surface area contributed by atoms with E-state index in [-0.39, 0.29) is 5.91 Å². The van der Waals surface area contributed by atoms with E-state index < -0.39 is 0 Å². The van der Waals surface area contributed by atoms with Crippen LogP contribution in [-0.4, -0.2) is 54.0 Å². The molecule has 0 bridgehead atoms. The zero-order valence-electron chi connectivity index (χ0n) is 14.4. The molecule has 6 heteroatoms. The van der Waals surface area contributed by atoms with Crippen LogP contribution in [0.1, 0.15) is 21.6 Å². The zero-order chi connectivity index (χ0) is 17.1. The van der Waals surface area contributed by atoms with Crippen molar-refractivity contribution in [2.45, 2.75) is 13.8 Å². The van der Waals surface area contributed by atoms with Crippen molar-refractivity contribution in [3.8, 4) is 0 Å². The third kappa shape index (κ3) is 3.71. The van der Waals surface area contributed by atoms with Crippen molar-refractivity contribution in [3.05, 3.63) is 47.3 Å². The molecule has 1 aromatic heterocycles. The highest BCUT2D eigenvalue weighted by Crippen LogP contribution is 2.17. The normalized spacial score (nSPS) is 15.4. The zero-order valence-corrected chi connectivity index (χ0v) is 14.4. The molecule has 1 aromatic carbocycles. The van der Waals surface area contributed by atoms with Crippen LogP contribution >= 0.6 is 0 Å². The van der Waals surface area contributed by atoms with Crippen molar-refractivity contribution >= 4 is 17.5 Å². The molecule has 2 aromatic rings. The predicted octanol–water partition coefficient (Wildman–Crippen LogP) is 2.10. The van der Waals surface area contributed by atoms with Crippen molar-refractivity contribution in [3.63, 3.8) is 0 Å². The van der Waals surface area contributed by atoms with E-state index in [1.165, 1.54) is 5.56 Å². The first kappa shape index (κ1) is 16.4. The highest BCUT2D eigenvalue weighted by molar-refractivity contribution is 6.03. The molecule has 1 amide bonds. The van der Waals surface area contributed by atoms with Gasteiger partial charge in [0.2, 0.25) is 5.95 Å². The largest absolute Gasteiger partial charge is 0.338 e. The standard InChI is InChI=1S/C18H23N5O/c1-13-4-5-15(14(2)12-13)20-17(24)16-6-7-19-18(21-16)23-10-8-22(3)9-11-23/h4-7,12H,8-11H2,1-3H3,(H,20,24). The fraction of sp³-hybridized carbons (Fsp3) is 0.389. The van der Waals surface area contributed by atoms with Crippen LogP contribution in [0.15, 0.2) is 30.5 Å². The number of piperazine rings is 1. The van der Waals surface area contributed by atoms with Gasteiger partial charge in [-0.05, 0) is 38.6 Å². The van der Waals surface area contributed by atoms with Gasteiger partial charge >= 0.3 is 0 Å². The SMILES string of the molecule is Cc1ccc(NC(=O)c2ccnc(N3CCN(C)CC3)n2)c(C)c1. The molecule has 3 rings (SSSR count). The summed E-state index contributed by atoms with van der Waals surface area (Å²) in [5, 5.41) is 2.93. The van der Waals surface area contributed by atoms with Crippen LogP contribution in [0, 0.1) is 13.8 Å². The Morgan fingerprint density at radius 3 is 2.58 bits per heavy atom. The second-order valence-electron chi connectivity index (χ2n) is 6.30. The van der Waals surface area contributed by atoms with Crippen molar-refractivity contribution in [2.75, 3.05) is 43.4 Å². The molecule has 126 valence electrons. The van der Waals surface area contributed by atoms with E-state index in [0.29, 0.717) is 11.6 Å². The van der Waals surface area contributed by atoms with Gasteiger partial charge in [-0.1, -0.05) is 17.7 Å². The molecule has 2 heterocycles. The molecule has 1 N–H and O–H groups in total. The molecule has 1 saturated heterocycles. The van der Waals surface area contributed by atoms with Crippen molar-refractivity contribution in [2.24, 2.45) is 0 Å². The van der Waals surface area contributed by atoms with Crippen LogP contribution in [0.5, 0.6) is 0 Å². The number of aromatic nitrogens is 2. The minimum absolute atomic E-state index is 0.209. The summed E-state index contributed by atoms with van der Waals surface area (Å²) in [4.78, 5) is 25.7. The van der Waals surface area contributed by atoms with Gasteiger partial charge < -0.3 is 15.1 Å². The fourth-order valence-corrected chi connectivity index (χ4v) is 2.77. The second-order valence-corrected chi connectivity index (χ2v) is 6.30. The van der Waals surface area contributed by atoms with Crippen LogP contribution in [-0.2, 0) is 0 Å². The number of likely N-dealkylation sites (N-methyl/N-ethyl adjacent to an activating group) is 1. The summed E-state index contributed by atoms with van der Waals surface area (Å²) in [6.07, 6.45) is 1.65. The average molecular weight is 325 g/mol. The van der Waals surface area contributed by atoms with E-state index in [1.54, 1.807) is 12.3 Å². The Bertz CT molecular complexity index is 738. The molecule has 0 aliphatic carbocycles. The number of benzene rings is 1. The summed E-state index contributed by atoms with van der Waals surface area (Å²) in [6, 6.07) is 7.60. The van der Waals surface area contributed by atoms with Gasteiger partial charge in [-0.25, -0.2) is 9.97 Å². The quantitative estimate of drug-likeness (QED) is 0.936. The van der Waals surface area contributed by atoms with E-state index in [9.17, 15) is 4.79 Å². The van der Waals surface area contributed by atoms with Crippen molar-refractivity contribution in [1.82, 2.24) is 14.9 Å². The summed E-state index contributed by atoms with van der Waals surface area (Å²) in [5.74, 6) is 0.413. The molecule has 0 spiro atoms. The van der Waals surface area contributed by atoms with Crippen LogP contribution in [0.4, 0.5) is 11.6 Å². The summed E-state index contributed by atoms with van der Waals surface area (Å²) in [6.45, 7) is 7.71. The van der Waals surface area contributed by atoms with Crippen LogP contribution < -0.4 is 10.2 Å². The maximum absolute atomic E-state index is 12.5. The second kappa shape index (κ2) is 6.97. The fourth-order valence-electron chi connectivity index (χ4n) is 2.77. The molecule has 0 radical (unpaired) electrons. The number of carbonyl (C=O) groups is 1. The number of nitrogens with zero attached hydrogens (tertiary/aromatic N) is 4. The Morgan fingerprint density at radius 2 is 1.88 bits per heavy atom. The van der Waals surface area contributed by atoms with Gasteiger partial charge in [0, 0.05) is 38.1 Å². The van der Waals surface area contributed by atoms with Gasteiger partial charge in [0.15, 0.2) is 0 Å². The smallest absolute Gasteiger partial charge is 0.274 e. The van der Waals surface area contributed by atoms with E-state index in [2.05, 4.69) is 32.1 Å². The number of aryl methyl sites for hydroxylation is 2. The molecule has 0 unspecified atom stereocenters. The number of carbonyl (C=O) groups excluding carboxylic acids is 1. The molecule has 0 saturated carbocycles. The molecule has 1 fully saturated rings. The Morgan fingerprint density at radius 1 is 1.12 bits per heavy atom. The minimum Gasteiger partial charge on any atom is -0.338 e. The Hall–Kier alpha value is -2.47. The highest BCUT2D eigenvalue weighted by Gasteiger charge is 2.18. The van der Waals surface area contributed by atoms with E-state index >= 15 is 0 Å². The Kier molecular flexibility index (Phi) is 4.76. The topological polar surface area (TPSA) is 61.4 Å². The number of hydrogen-bond donors (Lipinski definition) is 1. The summed E-state index contributed by atoms with van der Waals surface area (Å²) < 4.78 is 0. The molecular weight excluding hydrogens is 302 g/mol.